The van der Waals surface area contributed by atoms with Gasteiger partial charge in [0.1, 0.15) is 0 Å². The first-order valence-corrected chi connectivity index (χ1v) is 10.0. The number of nitrogens with one attached hydrogen (secondary N) is 2. The summed E-state index contributed by atoms with van der Waals surface area (Å²) in [7, 11) is 0. The van der Waals surface area contributed by atoms with E-state index in [4.69, 9.17) is 0 Å². The number of likely N-dealkylation sites (tertiary alicyclic amines) is 1. The van der Waals surface area contributed by atoms with E-state index in [0.717, 1.165) is 23.1 Å². The highest BCUT2D eigenvalue weighted by Gasteiger charge is 2.19. The molecule has 30 heavy (non-hydrogen) atoms. The van der Waals surface area contributed by atoms with E-state index in [0.29, 0.717) is 36.1 Å². The average molecular weight is 408 g/mol. The molecule has 2 heterocycles. The van der Waals surface area contributed by atoms with Gasteiger partial charge in [-0.2, -0.15) is 0 Å². The van der Waals surface area contributed by atoms with Crippen LogP contribution in [-0.4, -0.2) is 57.7 Å². The van der Waals surface area contributed by atoms with Crippen LogP contribution < -0.4 is 16.6 Å². The maximum Gasteiger partial charge on any atom is 0.329 e. The van der Waals surface area contributed by atoms with Crippen molar-refractivity contribution in [2.45, 2.75) is 19.1 Å². The Morgan fingerprint density at radius 1 is 1.17 bits per heavy atom. The summed E-state index contributed by atoms with van der Waals surface area (Å²) in [6, 6.07) is 14.0. The molecule has 0 spiro atoms. The van der Waals surface area contributed by atoms with Crippen molar-refractivity contribution in [2.24, 2.45) is 0 Å². The van der Waals surface area contributed by atoms with Gasteiger partial charge in [0.2, 0.25) is 0 Å². The number of aromatic nitrogens is 2. The van der Waals surface area contributed by atoms with Crippen LogP contribution in [0.15, 0.2) is 58.1 Å². The van der Waals surface area contributed by atoms with Crippen LogP contribution in [0.3, 0.4) is 0 Å². The number of carbonyl (C=O) groups excluding carboxylic acids is 1. The standard InChI is InChI=1S/C22H24N4O4/c27-17-8-10-25(14-17)11-9-23-20(28)16-6-7-18-19(12-16)24-22(30)26(21(18)29)13-15-4-2-1-3-5-15/h1-7,12,17,27H,8-11,13-14H2,(H,23,28)(H,24,30)/t17-/m1/s1. The molecule has 0 radical (unpaired) electrons. The summed E-state index contributed by atoms with van der Waals surface area (Å²) in [5, 5.41) is 12.7. The number of carbonyl (C=O) groups is 1. The van der Waals surface area contributed by atoms with Crippen LogP contribution in [0.5, 0.6) is 0 Å². The SMILES string of the molecule is O=C(NCCN1CC[C@@H](O)C1)c1ccc2c(=O)n(Cc3ccccc3)c(=O)[nH]c2c1. The lowest BCUT2D eigenvalue weighted by Crippen LogP contribution is -2.36. The van der Waals surface area contributed by atoms with Gasteiger partial charge in [0, 0.05) is 31.7 Å². The molecular formula is C22H24N4O4. The van der Waals surface area contributed by atoms with E-state index in [1.54, 1.807) is 12.1 Å². The van der Waals surface area contributed by atoms with Gasteiger partial charge < -0.3 is 15.4 Å². The van der Waals surface area contributed by atoms with Crippen LogP contribution in [0.2, 0.25) is 0 Å². The molecule has 156 valence electrons. The zero-order valence-corrected chi connectivity index (χ0v) is 16.5. The molecule has 1 aliphatic heterocycles. The normalized spacial score (nSPS) is 16.8. The van der Waals surface area contributed by atoms with Gasteiger partial charge in [0.05, 0.1) is 23.6 Å². The molecule has 8 heteroatoms. The second-order valence-electron chi connectivity index (χ2n) is 7.57. The summed E-state index contributed by atoms with van der Waals surface area (Å²) in [4.78, 5) is 42.5. The van der Waals surface area contributed by atoms with Crippen LogP contribution in [0.25, 0.3) is 10.9 Å². The maximum atomic E-state index is 12.8. The smallest absolute Gasteiger partial charge is 0.329 e. The molecule has 1 aliphatic rings. The first kappa shape index (κ1) is 20.1. The van der Waals surface area contributed by atoms with Crippen molar-refractivity contribution in [3.05, 3.63) is 80.5 Å². The molecule has 1 amide bonds. The Hall–Kier alpha value is -3.23. The van der Waals surface area contributed by atoms with Gasteiger partial charge >= 0.3 is 5.69 Å². The van der Waals surface area contributed by atoms with Crippen LogP contribution in [-0.2, 0) is 6.54 Å². The number of benzene rings is 2. The highest BCUT2D eigenvalue weighted by Crippen LogP contribution is 2.10. The van der Waals surface area contributed by atoms with E-state index in [2.05, 4.69) is 15.2 Å². The number of amides is 1. The summed E-state index contributed by atoms with van der Waals surface area (Å²) in [5.74, 6) is -0.272. The number of hydrogen-bond acceptors (Lipinski definition) is 5. The third-order valence-corrected chi connectivity index (χ3v) is 5.39. The molecule has 3 aromatic rings. The van der Waals surface area contributed by atoms with Gasteiger partial charge in [0.15, 0.2) is 0 Å². The van der Waals surface area contributed by atoms with Gasteiger partial charge in [0.25, 0.3) is 11.5 Å². The van der Waals surface area contributed by atoms with Gasteiger partial charge in [-0.3, -0.25) is 19.1 Å². The Bertz CT molecular complexity index is 1170. The fourth-order valence-electron chi connectivity index (χ4n) is 3.75. The highest BCUT2D eigenvalue weighted by atomic mass is 16.3. The third kappa shape index (κ3) is 4.34. The molecule has 0 unspecified atom stereocenters. The molecular weight excluding hydrogens is 384 g/mol. The summed E-state index contributed by atoms with van der Waals surface area (Å²) in [6.45, 7) is 2.75. The topological polar surface area (TPSA) is 107 Å². The number of fused-ring (bicyclic) bond motifs is 1. The van der Waals surface area contributed by atoms with Crippen molar-refractivity contribution in [2.75, 3.05) is 26.2 Å². The molecule has 1 atom stereocenters. The Labute approximate surface area is 172 Å². The monoisotopic (exact) mass is 408 g/mol. The number of nitrogens with zero attached hydrogens (tertiary/aromatic N) is 2. The van der Waals surface area contributed by atoms with E-state index in [1.165, 1.54) is 6.07 Å². The van der Waals surface area contributed by atoms with Crippen molar-refractivity contribution in [3.63, 3.8) is 0 Å². The molecule has 4 rings (SSSR count). The first-order valence-electron chi connectivity index (χ1n) is 10.0. The average Bonchev–Trinajstić information content (AvgIpc) is 3.16. The van der Waals surface area contributed by atoms with Gasteiger partial charge in [-0.1, -0.05) is 30.3 Å². The Kier molecular flexibility index (Phi) is 5.78. The Morgan fingerprint density at radius 2 is 1.97 bits per heavy atom. The molecule has 2 aromatic carbocycles. The van der Waals surface area contributed by atoms with Crippen molar-refractivity contribution in [1.82, 2.24) is 19.8 Å². The van der Waals surface area contributed by atoms with Gasteiger partial charge in [-0.15, -0.1) is 0 Å². The number of aromatic amines is 1. The fourth-order valence-corrected chi connectivity index (χ4v) is 3.75. The molecule has 8 nitrogen and oxygen atoms in total. The Balaban J connectivity index is 1.50. The first-order chi connectivity index (χ1) is 14.5. The predicted molar refractivity (Wildman–Crippen MR) is 114 cm³/mol. The van der Waals surface area contributed by atoms with Crippen molar-refractivity contribution in [1.29, 1.82) is 0 Å². The van der Waals surface area contributed by atoms with E-state index in [-0.39, 0.29) is 18.6 Å². The quantitative estimate of drug-likeness (QED) is 0.552. The molecule has 3 N–H and O–H groups in total. The van der Waals surface area contributed by atoms with Gasteiger partial charge in [-0.05, 0) is 30.2 Å². The van der Waals surface area contributed by atoms with Crippen molar-refractivity contribution in [3.8, 4) is 0 Å². The number of aliphatic hydroxyl groups is 1. The maximum absolute atomic E-state index is 12.8. The second-order valence-corrected chi connectivity index (χ2v) is 7.57. The second kappa shape index (κ2) is 8.64. The predicted octanol–water partition coefficient (Wildman–Crippen LogP) is 0.534. The number of aliphatic hydroxyl groups excluding tert-OH is 1. The summed E-state index contributed by atoms with van der Waals surface area (Å²) >= 11 is 0. The van der Waals surface area contributed by atoms with E-state index >= 15 is 0 Å². The molecule has 0 bridgehead atoms. The zero-order chi connectivity index (χ0) is 21.1. The Morgan fingerprint density at radius 3 is 2.70 bits per heavy atom. The van der Waals surface area contributed by atoms with Crippen molar-refractivity contribution < 1.29 is 9.90 Å². The summed E-state index contributed by atoms with van der Waals surface area (Å²) < 4.78 is 1.15. The highest BCUT2D eigenvalue weighted by molar-refractivity contribution is 5.97. The molecule has 1 fully saturated rings. The van der Waals surface area contributed by atoms with E-state index in [9.17, 15) is 19.5 Å². The molecule has 0 saturated carbocycles. The minimum absolute atomic E-state index is 0.179. The zero-order valence-electron chi connectivity index (χ0n) is 16.5. The minimum atomic E-state index is -0.512. The summed E-state index contributed by atoms with van der Waals surface area (Å²) in [5.41, 5.74) is 0.661. The van der Waals surface area contributed by atoms with Crippen LogP contribution in [0.4, 0.5) is 0 Å². The van der Waals surface area contributed by atoms with Gasteiger partial charge in [-0.25, -0.2) is 4.79 Å². The van der Waals surface area contributed by atoms with Crippen molar-refractivity contribution >= 4 is 16.8 Å². The number of β-amino-alcohol motifs (C(OH)–C–C–N with tert-alkyl or cyclic N) is 1. The van der Waals surface area contributed by atoms with Crippen LogP contribution in [0.1, 0.15) is 22.3 Å². The number of rotatable bonds is 6. The number of hydrogen-bond donors (Lipinski definition) is 3. The van der Waals surface area contributed by atoms with E-state index < -0.39 is 11.2 Å². The largest absolute Gasteiger partial charge is 0.392 e. The van der Waals surface area contributed by atoms with Crippen LogP contribution >= 0.6 is 0 Å². The summed E-state index contributed by atoms with van der Waals surface area (Å²) in [6.07, 6.45) is 0.470. The number of H-pyrrole nitrogens is 1. The minimum Gasteiger partial charge on any atom is -0.392 e. The lowest BCUT2D eigenvalue weighted by atomic mass is 10.1. The molecule has 1 saturated heterocycles. The molecule has 1 aromatic heterocycles. The third-order valence-electron chi connectivity index (χ3n) is 5.39. The lowest BCUT2D eigenvalue weighted by Gasteiger charge is -2.15. The van der Waals surface area contributed by atoms with E-state index in [1.807, 2.05) is 30.3 Å². The fraction of sp³-hybridized carbons (Fsp3) is 0.318. The lowest BCUT2D eigenvalue weighted by molar-refractivity contribution is 0.0949. The molecule has 0 aliphatic carbocycles. The van der Waals surface area contributed by atoms with Crippen LogP contribution in [0, 0.1) is 0 Å².